The van der Waals surface area contributed by atoms with Crippen LogP contribution in [-0.2, 0) is 0 Å². The highest BCUT2D eigenvalue weighted by atomic mass is 14.9. The molecule has 90 valence electrons. The van der Waals surface area contributed by atoms with E-state index in [1.54, 1.807) is 0 Å². The van der Waals surface area contributed by atoms with Crippen molar-refractivity contribution in [1.82, 2.24) is 5.32 Å². The zero-order valence-corrected chi connectivity index (χ0v) is 10.9. The summed E-state index contributed by atoms with van der Waals surface area (Å²) in [6.45, 7) is 7.24. The smallest absolute Gasteiger partial charge is 0.0360 e. The first kappa shape index (κ1) is 13.2. The van der Waals surface area contributed by atoms with Crippen molar-refractivity contribution in [2.45, 2.75) is 33.2 Å². The molecule has 0 aliphatic carbocycles. The Hall–Kier alpha value is -0.860. The molecule has 3 N–H and O–H groups in total. The molecule has 0 saturated heterocycles. The van der Waals surface area contributed by atoms with Crippen molar-refractivity contribution in [3.63, 3.8) is 0 Å². The van der Waals surface area contributed by atoms with E-state index in [4.69, 9.17) is 5.73 Å². The summed E-state index contributed by atoms with van der Waals surface area (Å²) >= 11 is 0. The van der Waals surface area contributed by atoms with Gasteiger partial charge in [0.2, 0.25) is 0 Å². The second kappa shape index (κ2) is 6.02. The van der Waals surface area contributed by atoms with Gasteiger partial charge in [0, 0.05) is 6.04 Å². The molecule has 0 bridgehead atoms. The maximum atomic E-state index is 5.85. The van der Waals surface area contributed by atoms with E-state index in [1.807, 2.05) is 7.05 Å². The van der Waals surface area contributed by atoms with Crippen LogP contribution in [0.4, 0.5) is 0 Å². The lowest BCUT2D eigenvalue weighted by atomic mass is 9.88. The molecule has 2 nitrogen and oxygen atoms in total. The zero-order valence-electron chi connectivity index (χ0n) is 10.9. The monoisotopic (exact) mass is 220 g/mol. The summed E-state index contributed by atoms with van der Waals surface area (Å²) in [7, 11) is 2.02. The molecule has 1 aromatic carbocycles. The third-order valence-electron chi connectivity index (χ3n) is 3.38. The van der Waals surface area contributed by atoms with Gasteiger partial charge in [0.25, 0.3) is 0 Å². The Bertz CT molecular complexity index is 330. The molecule has 0 saturated carbocycles. The number of hydrogen-bond acceptors (Lipinski definition) is 2. The fraction of sp³-hybridized carbons (Fsp3) is 0.571. The number of nitrogens with two attached hydrogens (primary N) is 1. The van der Waals surface area contributed by atoms with Gasteiger partial charge in [0.1, 0.15) is 0 Å². The van der Waals surface area contributed by atoms with E-state index in [9.17, 15) is 0 Å². The van der Waals surface area contributed by atoms with E-state index in [-0.39, 0.29) is 0 Å². The lowest BCUT2D eigenvalue weighted by Crippen LogP contribution is -2.30. The lowest BCUT2D eigenvalue weighted by Gasteiger charge is -2.27. The molecule has 1 rings (SSSR count). The van der Waals surface area contributed by atoms with E-state index in [0.29, 0.717) is 12.0 Å². The minimum absolute atomic E-state index is 0.370. The van der Waals surface area contributed by atoms with Crippen molar-refractivity contribution >= 4 is 0 Å². The summed E-state index contributed by atoms with van der Waals surface area (Å²) in [4.78, 5) is 0. The highest BCUT2D eigenvalue weighted by Crippen LogP contribution is 2.27. The summed E-state index contributed by atoms with van der Waals surface area (Å²) in [5.74, 6) is 0.505. The Morgan fingerprint density at radius 3 is 2.50 bits per heavy atom. The number of rotatable bonds is 5. The van der Waals surface area contributed by atoms with Gasteiger partial charge in [-0.05, 0) is 44.5 Å². The maximum Gasteiger partial charge on any atom is 0.0360 e. The Morgan fingerprint density at radius 1 is 1.31 bits per heavy atom. The van der Waals surface area contributed by atoms with Crippen molar-refractivity contribution in [1.29, 1.82) is 0 Å². The molecule has 0 amide bonds. The van der Waals surface area contributed by atoms with Gasteiger partial charge < -0.3 is 11.1 Å². The summed E-state index contributed by atoms with van der Waals surface area (Å²) in [5, 5.41) is 3.41. The highest BCUT2D eigenvalue weighted by molar-refractivity contribution is 5.33. The molecule has 0 aromatic heterocycles. The van der Waals surface area contributed by atoms with Gasteiger partial charge in [-0.3, -0.25) is 0 Å². The number of nitrogens with one attached hydrogen (secondary N) is 1. The summed E-state index contributed by atoms with van der Waals surface area (Å²) < 4.78 is 0. The summed E-state index contributed by atoms with van der Waals surface area (Å²) in [6.07, 6.45) is 1.11. The van der Waals surface area contributed by atoms with Crippen LogP contribution in [0, 0.1) is 19.8 Å². The van der Waals surface area contributed by atoms with Crippen LogP contribution >= 0.6 is 0 Å². The second-order valence-electron chi connectivity index (χ2n) is 4.53. The molecule has 0 fully saturated rings. The molecule has 0 aliphatic rings. The first-order valence-corrected chi connectivity index (χ1v) is 6.08. The number of hydrogen-bond donors (Lipinski definition) is 2. The standard InChI is InChI=1S/C14H24N2/c1-5-12(9-15)14(16-4)13-8-10(2)6-7-11(13)3/h6-8,12,14,16H,5,9,15H2,1-4H3. The maximum absolute atomic E-state index is 5.85. The predicted molar refractivity (Wildman–Crippen MR) is 70.6 cm³/mol. The third-order valence-corrected chi connectivity index (χ3v) is 3.38. The molecular formula is C14H24N2. The summed E-state index contributed by atoms with van der Waals surface area (Å²) in [5.41, 5.74) is 9.89. The Balaban J connectivity index is 3.06. The molecule has 0 spiro atoms. The first-order valence-electron chi connectivity index (χ1n) is 6.08. The van der Waals surface area contributed by atoms with Crippen LogP contribution in [-0.4, -0.2) is 13.6 Å². The molecule has 0 radical (unpaired) electrons. The Kier molecular flexibility index (Phi) is 4.97. The van der Waals surface area contributed by atoms with Gasteiger partial charge in [-0.1, -0.05) is 37.1 Å². The fourth-order valence-electron chi connectivity index (χ4n) is 2.28. The van der Waals surface area contributed by atoms with Gasteiger partial charge >= 0.3 is 0 Å². The molecule has 2 heteroatoms. The Morgan fingerprint density at radius 2 is 2.00 bits per heavy atom. The highest BCUT2D eigenvalue weighted by Gasteiger charge is 2.20. The van der Waals surface area contributed by atoms with Crippen molar-refractivity contribution in [3.05, 3.63) is 34.9 Å². The minimum Gasteiger partial charge on any atom is -0.330 e. The summed E-state index contributed by atoms with van der Waals surface area (Å²) in [6, 6.07) is 7.00. The zero-order chi connectivity index (χ0) is 12.1. The molecule has 0 heterocycles. The SMILES string of the molecule is CCC(CN)C(NC)c1cc(C)ccc1C. The molecular weight excluding hydrogens is 196 g/mol. The Labute approximate surface area is 99.2 Å². The van der Waals surface area contributed by atoms with Crippen LogP contribution in [0.1, 0.15) is 36.1 Å². The van der Waals surface area contributed by atoms with Gasteiger partial charge in [-0.25, -0.2) is 0 Å². The van der Waals surface area contributed by atoms with Crippen LogP contribution in [0.15, 0.2) is 18.2 Å². The second-order valence-corrected chi connectivity index (χ2v) is 4.53. The van der Waals surface area contributed by atoms with Crippen molar-refractivity contribution in [2.24, 2.45) is 11.7 Å². The van der Waals surface area contributed by atoms with Crippen LogP contribution in [0.3, 0.4) is 0 Å². The molecule has 2 atom stereocenters. The number of benzene rings is 1. The van der Waals surface area contributed by atoms with E-state index in [0.717, 1.165) is 13.0 Å². The van der Waals surface area contributed by atoms with Crippen molar-refractivity contribution < 1.29 is 0 Å². The molecule has 1 aromatic rings. The van der Waals surface area contributed by atoms with Crippen LogP contribution in [0.25, 0.3) is 0 Å². The normalized spacial score (nSPS) is 14.8. The lowest BCUT2D eigenvalue weighted by molar-refractivity contribution is 0.377. The number of aryl methyl sites for hydroxylation is 2. The first-order chi connectivity index (χ1) is 7.63. The minimum atomic E-state index is 0.370. The topological polar surface area (TPSA) is 38.0 Å². The molecule has 0 aliphatic heterocycles. The van der Waals surface area contributed by atoms with Crippen LogP contribution < -0.4 is 11.1 Å². The molecule has 16 heavy (non-hydrogen) atoms. The van der Waals surface area contributed by atoms with Crippen molar-refractivity contribution in [3.8, 4) is 0 Å². The van der Waals surface area contributed by atoms with E-state index >= 15 is 0 Å². The largest absolute Gasteiger partial charge is 0.330 e. The van der Waals surface area contributed by atoms with E-state index in [2.05, 4.69) is 44.3 Å². The van der Waals surface area contributed by atoms with Gasteiger partial charge in [0.15, 0.2) is 0 Å². The van der Waals surface area contributed by atoms with E-state index < -0.39 is 0 Å². The third kappa shape index (κ3) is 2.83. The average molecular weight is 220 g/mol. The van der Waals surface area contributed by atoms with Gasteiger partial charge in [-0.15, -0.1) is 0 Å². The van der Waals surface area contributed by atoms with Gasteiger partial charge in [-0.2, -0.15) is 0 Å². The van der Waals surface area contributed by atoms with Crippen LogP contribution in [0.2, 0.25) is 0 Å². The predicted octanol–water partition coefficient (Wildman–Crippen LogP) is 2.55. The molecule has 2 unspecified atom stereocenters. The van der Waals surface area contributed by atoms with Gasteiger partial charge in [0.05, 0.1) is 0 Å². The average Bonchev–Trinajstić information content (AvgIpc) is 2.29. The fourth-order valence-corrected chi connectivity index (χ4v) is 2.28. The van der Waals surface area contributed by atoms with Crippen LogP contribution in [0.5, 0.6) is 0 Å². The van der Waals surface area contributed by atoms with Crippen molar-refractivity contribution in [2.75, 3.05) is 13.6 Å². The quantitative estimate of drug-likeness (QED) is 0.800. The van der Waals surface area contributed by atoms with E-state index in [1.165, 1.54) is 16.7 Å².